The molecule has 0 aliphatic heterocycles. The minimum Gasteiger partial charge on any atom is -0.478 e. The summed E-state index contributed by atoms with van der Waals surface area (Å²) >= 11 is 0. The first-order valence-corrected chi connectivity index (χ1v) is 6.93. The van der Waals surface area contributed by atoms with E-state index in [0.29, 0.717) is 5.69 Å². The lowest BCUT2D eigenvalue weighted by molar-refractivity contribution is -0.131. The highest BCUT2D eigenvalue weighted by Crippen LogP contribution is 2.16. The molecule has 1 amide bonds. The number of benzene rings is 1. The molecule has 0 bridgehead atoms. The number of nitrogens with one attached hydrogen (secondary N) is 1. The number of carboxylic acid groups (broad SMARTS) is 1. The van der Waals surface area contributed by atoms with Crippen LogP contribution in [0.4, 0.5) is 5.69 Å². The zero-order chi connectivity index (χ0) is 16.1. The maximum Gasteiger partial charge on any atom is 0.328 e. The van der Waals surface area contributed by atoms with Gasteiger partial charge >= 0.3 is 5.97 Å². The van der Waals surface area contributed by atoms with E-state index in [9.17, 15) is 9.59 Å². The number of rotatable bonds is 5. The number of hydrogen-bond donors (Lipinski definition) is 2. The molecular weight excluding hydrogens is 280 g/mol. The summed E-state index contributed by atoms with van der Waals surface area (Å²) in [6, 6.07) is 10.6. The molecule has 1 atom stereocenters. The average molecular weight is 298 g/mol. The van der Waals surface area contributed by atoms with Gasteiger partial charge in [0.25, 0.3) is 0 Å². The molecule has 0 radical (unpaired) electrons. The van der Waals surface area contributed by atoms with Gasteiger partial charge in [0.1, 0.15) is 6.04 Å². The molecule has 22 heavy (non-hydrogen) atoms. The van der Waals surface area contributed by atoms with Gasteiger partial charge in [0.15, 0.2) is 0 Å². The monoisotopic (exact) mass is 298 g/mol. The Hall–Kier alpha value is -2.82. The minimum atomic E-state index is -1.02. The Bertz CT molecular complexity index is 699. The summed E-state index contributed by atoms with van der Waals surface area (Å²) in [6.45, 7) is 3.75. The van der Waals surface area contributed by atoms with E-state index in [0.717, 1.165) is 17.3 Å². The average Bonchev–Trinajstić information content (AvgIpc) is 2.95. The Kier molecular flexibility index (Phi) is 4.78. The van der Waals surface area contributed by atoms with E-state index in [2.05, 4.69) is 5.32 Å². The predicted octanol–water partition coefficient (Wildman–Crippen LogP) is 3.09. The number of aromatic nitrogens is 1. The van der Waals surface area contributed by atoms with Crippen LogP contribution < -0.4 is 5.32 Å². The quantitative estimate of drug-likeness (QED) is 0.833. The van der Waals surface area contributed by atoms with Crippen molar-refractivity contribution in [1.82, 2.24) is 4.57 Å². The minimum absolute atomic E-state index is 0.162. The summed E-state index contributed by atoms with van der Waals surface area (Å²) in [4.78, 5) is 22.9. The van der Waals surface area contributed by atoms with Crippen LogP contribution >= 0.6 is 0 Å². The van der Waals surface area contributed by atoms with E-state index in [1.54, 1.807) is 29.8 Å². The Balaban J connectivity index is 2.12. The van der Waals surface area contributed by atoms with Crippen molar-refractivity contribution in [3.05, 3.63) is 59.9 Å². The third kappa shape index (κ3) is 3.85. The Morgan fingerprint density at radius 3 is 2.55 bits per heavy atom. The van der Waals surface area contributed by atoms with Crippen molar-refractivity contribution in [3.8, 4) is 0 Å². The Morgan fingerprint density at radius 1 is 1.23 bits per heavy atom. The van der Waals surface area contributed by atoms with Gasteiger partial charge in [-0.3, -0.25) is 4.79 Å². The molecule has 0 saturated heterocycles. The fourth-order valence-corrected chi connectivity index (χ4v) is 2.07. The molecule has 0 aliphatic rings. The molecule has 0 saturated carbocycles. The first-order chi connectivity index (χ1) is 10.5. The zero-order valence-electron chi connectivity index (χ0n) is 12.5. The van der Waals surface area contributed by atoms with Gasteiger partial charge in [0.05, 0.1) is 0 Å². The van der Waals surface area contributed by atoms with Crippen LogP contribution in [0.15, 0.2) is 48.7 Å². The molecule has 5 nitrogen and oxygen atoms in total. The van der Waals surface area contributed by atoms with Crippen LogP contribution in [0.1, 0.15) is 24.2 Å². The van der Waals surface area contributed by atoms with Crippen LogP contribution in [0.25, 0.3) is 6.08 Å². The highest BCUT2D eigenvalue weighted by atomic mass is 16.4. The van der Waals surface area contributed by atoms with Crippen molar-refractivity contribution in [3.63, 3.8) is 0 Å². The fourth-order valence-electron chi connectivity index (χ4n) is 2.07. The van der Waals surface area contributed by atoms with Gasteiger partial charge in [-0.15, -0.1) is 0 Å². The number of aryl methyl sites for hydroxylation is 1. The molecule has 1 unspecified atom stereocenters. The van der Waals surface area contributed by atoms with Crippen molar-refractivity contribution < 1.29 is 14.7 Å². The topological polar surface area (TPSA) is 71.3 Å². The lowest BCUT2D eigenvalue weighted by atomic mass is 10.2. The number of carbonyl (C=O) groups is 2. The van der Waals surface area contributed by atoms with Gasteiger partial charge in [-0.2, -0.15) is 0 Å². The molecule has 2 rings (SSSR count). The van der Waals surface area contributed by atoms with Crippen LogP contribution in [0.5, 0.6) is 0 Å². The molecule has 114 valence electrons. The Labute approximate surface area is 128 Å². The van der Waals surface area contributed by atoms with E-state index in [4.69, 9.17) is 5.11 Å². The highest BCUT2D eigenvalue weighted by Gasteiger charge is 2.16. The van der Waals surface area contributed by atoms with Crippen LogP contribution in [-0.4, -0.2) is 21.6 Å². The van der Waals surface area contributed by atoms with Crippen molar-refractivity contribution in [2.45, 2.75) is 19.9 Å². The van der Waals surface area contributed by atoms with E-state index in [-0.39, 0.29) is 5.91 Å². The summed E-state index contributed by atoms with van der Waals surface area (Å²) in [5.74, 6) is -1.19. The highest BCUT2D eigenvalue weighted by molar-refractivity contribution is 5.93. The van der Waals surface area contributed by atoms with Crippen molar-refractivity contribution in [1.29, 1.82) is 0 Å². The van der Waals surface area contributed by atoms with E-state index in [1.807, 2.05) is 31.2 Å². The van der Waals surface area contributed by atoms with E-state index < -0.39 is 12.0 Å². The van der Waals surface area contributed by atoms with Crippen LogP contribution in [-0.2, 0) is 9.59 Å². The molecule has 1 aromatic heterocycles. The number of carboxylic acids is 1. The van der Waals surface area contributed by atoms with Crippen molar-refractivity contribution in [2.75, 3.05) is 5.32 Å². The second kappa shape index (κ2) is 6.76. The number of aliphatic carboxylic acids is 1. The van der Waals surface area contributed by atoms with Gasteiger partial charge in [0.2, 0.25) is 5.91 Å². The van der Waals surface area contributed by atoms with E-state index in [1.165, 1.54) is 6.08 Å². The molecule has 2 aromatic rings. The molecular formula is C17H18N2O3. The van der Waals surface area contributed by atoms with Crippen molar-refractivity contribution >= 4 is 23.6 Å². The lowest BCUT2D eigenvalue weighted by Crippen LogP contribution is -2.23. The number of anilines is 1. The normalized spacial score (nSPS) is 12.3. The number of nitrogens with zero attached hydrogens (tertiary/aromatic N) is 1. The molecule has 2 N–H and O–H groups in total. The molecule has 1 heterocycles. The van der Waals surface area contributed by atoms with Crippen LogP contribution in [0.3, 0.4) is 0 Å². The number of hydrogen-bond acceptors (Lipinski definition) is 2. The standard InChI is InChI=1S/C17H18N2O3/c1-12-5-7-14(8-6-12)18-17(22)13(2)19-11-3-4-15(19)9-10-16(20)21/h3-11,13H,1-2H3,(H,18,22)(H,20,21)/b10-9+. The van der Waals surface area contributed by atoms with Gasteiger partial charge in [0, 0.05) is 23.7 Å². The Morgan fingerprint density at radius 2 is 1.91 bits per heavy atom. The van der Waals surface area contributed by atoms with Gasteiger partial charge in [-0.1, -0.05) is 17.7 Å². The predicted molar refractivity (Wildman–Crippen MR) is 85.6 cm³/mol. The first-order valence-electron chi connectivity index (χ1n) is 6.93. The first kappa shape index (κ1) is 15.6. The second-order valence-electron chi connectivity index (χ2n) is 5.04. The van der Waals surface area contributed by atoms with Gasteiger partial charge in [-0.25, -0.2) is 4.79 Å². The fraction of sp³-hybridized carbons (Fsp3) is 0.176. The maximum absolute atomic E-state index is 12.3. The summed E-state index contributed by atoms with van der Waals surface area (Å²) in [5.41, 5.74) is 2.52. The van der Waals surface area contributed by atoms with Crippen LogP contribution in [0.2, 0.25) is 0 Å². The zero-order valence-corrected chi connectivity index (χ0v) is 12.5. The molecule has 0 spiro atoms. The molecule has 5 heteroatoms. The summed E-state index contributed by atoms with van der Waals surface area (Å²) < 4.78 is 1.73. The largest absolute Gasteiger partial charge is 0.478 e. The van der Waals surface area contributed by atoms with Crippen molar-refractivity contribution in [2.24, 2.45) is 0 Å². The SMILES string of the molecule is Cc1ccc(NC(=O)C(C)n2cccc2/C=C/C(=O)O)cc1. The molecule has 0 fully saturated rings. The third-order valence-electron chi connectivity index (χ3n) is 3.32. The number of carbonyl (C=O) groups excluding carboxylic acids is 1. The summed E-state index contributed by atoms with van der Waals surface area (Å²) in [6.07, 6.45) is 4.27. The smallest absolute Gasteiger partial charge is 0.328 e. The molecule has 0 aliphatic carbocycles. The summed E-state index contributed by atoms with van der Waals surface area (Å²) in [7, 11) is 0. The third-order valence-corrected chi connectivity index (χ3v) is 3.32. The van der Waals surface area contributed by atoms with Gasteiger partial charge < -0.3 is 15.0 Å². The lowest BCUT2D eigenvalue weighted by Gasteiger charge is -2.16. The van der Waals surface area contributed by atoms with E-state index >= 15 is 0 Å². The molecule has 1 aromatic carbocycles. The summed E-state index contributed by atoms with van der Waals surface area (Å²) in [5, 5.41) is 11.5. The van der Waals surface area contributed by atoms with Gasteiger partial charge in [-0.05, 0) is 44.2 Å². The maximum atomic E-state index is 12.3. The second-order valence-corrected chi connectivity index (χ2v) is 5.04. The number of amides is 1. The van der Waals surface area contributed by atoms with Crippen LogP contribution in [0, 0.1) is 6.92 Å².